The second kappa shape index (κ2) is 4.21. The van der Waals surface area contributed by atoms with Crippen LogP contribution in [-0.4, -0.2) is 43.6 Å². The topological polar surface area (TPSA) is 59.0 Å². The van der Waals surface area contributed by atoms with Gasteiger partial charge >= 0.3 is 5.91 Å². The van der Waals surface area contributed by atoms with Crippen LogP contribution in [0.25, 0.3) is 0 Å². The zero-order valence-corrected chi connectivity index (χ0v) is 6.20. The first-order valence-corrected chi connectivity index (χ1v) is 2.66. The van der Waals surface area contributed by atoms with Crippen molar-refractivity contribution in [3.8, 4) is 0 Å². The van der Waals surface area contributed by atoms with Crippen LogP contribution in [0.15, 0.2) is 0 Å². The average Bonchev–Trinajstić information content (AvgIpc) is 2.00. The number of carbonyl (C=O) groups is 1. The van der Waals surface area contributed by atoms with Crippen molar-refractivity contribution in [2.45, 2.75) is 6.29 Å². The van der Waals surface area contributed by atoms with Gasteiger partial charge in [-0.05, 0) is 0 Å². The lowest BCUT2D eigenvalue weighted by Crippen LogP contribution is -2.36. The fourth-order valence-corrected chi connectivity index (χ4v) is 0.346. The van der Waals surface area contributed by atoms with Gasteiger partial charge in [0.15, 0.2) is 0 Å². The lowest BCUT2D eigenvalue weighted by atomic mass is 10.6. The van der Waals surface area contributed by atoms with Gasteiger partial charge in [0, 0.05) is 14.2 Å². The van der Waals surface area contributed by atoms with Crippen molar-refractivity contribution in [1.29, 1.82) is 0 Å². The maximum absolute atomic E-state index is 10.7. The number of ether oxygens (including phenoxy) is 1. The molecule has 0 rings (SSSR count). The highest BCUT2D eigenvalue weighted by atomic mass is 16.7. The van der Waals surface area contributed by atoms with E-state index in [1.807, 2.05) is 0 Å². The summed E-state index contributed by atoms with van der Waals surface area (Å²) in [6.07, 6.45) is -1.44. The first-order chi connectivity index (χ1) is 4.63. The normalized spacial score (nSPS) is 12.8. The van der Waals surface area contributed by atoms with Crippen LogP contribution in [-0.2, 0) is 14.4 Å². The first kappa shape index (κ1) is 9.35. The van der Waals surface area contributed by atoms with Crippen LogP contribution in [0.5, 0.6) is 0 Å². The molecule has 0 heterocycles. The third-order valence-electron chi connectivity index (χ3n) is 1.02. The van der Waals surface area contributed by atoms with Crippen molar-refractivity contribution < 1.29 is 19.5 Å². The second-order valence-electron chi connectivity index (χ2n) is 1.61. The monoisotopic (exact) mass is 149 g/mol. The van der Waals surface area contributed by atoms with E-state index in [1.165, 1.54) is 21.3 Å². The molecule has 0 bridgehead atoms. The van der Waals surface area contributed by atoms with Crippen molar-refractivity contribution in [1.82, 2.24) is 5.06 Å². The lowest BCUT2D eigenvalue weighted by molar-refractivity contribution is -0.198. The number of hydrogen-bond acceptors (Lipinski definition) is 4. The Hall–Kier alpha value is -0.650. The molecule has 0 fully saturated rings. The minimum atomic E-state index is -1.44. The summed E-state index contributed by atoms with van der Waals surface area (Å²) in [7, 11) is 3.93. The minimum Gasteiger partial charge on any atom is -0.360 e. The molecule has 5 nitrogen and oxygen atoms in total. The molecule has 0 aliphatic rings. The van der Waals surface area contributed by atoms with E-state index in [4.69, 9.17) is 5.11 Å². The van der Waals surface area contributed by atoms with Gasteiger partial charge in [-0.15, -0.1) is 0 Å². The van der Waals surface area contributed by atoms with E-state index in [2.05, 4.69) is 9.57 Å². The van der Waals surface area contributed by atoms with Gasteiger partial charge in [0.1, 0.15) is 0 Å². The highest BCUT2D eigenvalue weighted by molar-refractivity contribution is 5.77. The summed E-state index contributed by atoms with van der Waals surface area (Å²) in [5.41, 5.74) is 0. The molecular formula is C5H11NO4. The van der Waals surface area contributed by atoms with E-state index < -0.39 is 12.2 Å². The molecular weight excluding hydrogens is 138 g/mol. The quantitative estimate of drug-likeness (QED) is 0.412. The van der Waals surface area contributed by atoms with Crippen LogP contribution in [0.2, 0.25) is 0 Å². The van der Waals surface area contributed by atoms with E-state index in [0.717, 1.165) is 5.06 Å². The van der Waals surface area contributed by atoms with Gasteiger partial charge in [-0.3, -0.25) is 9.63 Å². The zero-order valence-electron chi connectivity index (χ0n) is 6.20. The number of methoxy groups -OCH3 is 1. The maximum Gasteiger partial charge on any atom is 0.302 e. The molecule has 0 aromatic rings. The number of rotatable bonds is 3. The highest BCUT2D eigenvalue weighted by Crippen LogP contribution is 1.91. The number of hydroxylamine groups is 2. The zero-order chi connectivity index (χ0) is 8.15. The van der Waals surface area contributed by atoms with Gasteiger partial charge < -0.3 is 9.84 Å². The minimum absolute atomic E-state index is 0.634. The van der Waals surface area contributed by atoms with E-state index in [1.54, 1.807) is 0 Å². The fraction of sp³-hybridized carbons (Fsp3) is 0.800. The second-order valence-corrected chi connectivity index (χ2v) is 1.61. The van der Waals surface area contributed by atoms with E-state index in [-0.39, 0.29) is 0 Å². The Labute approximate surface area is 59.1 Å². The molecule has 0 aromatic carbocycles. The Bertz CT molecular complexity index is 104. The van der Waals surface area contributed by atoms with Crippen molar-refractivity contribution >= 4 is 5.91 Å². The third kappa shape index (κ3) is 2.30. The molecule has 5 heteroatoms. The van der Waals surface area contributed by atoms with Crippen molar-refractivity contribution in [2.24, 2.45) is 0 Å². The Morgan fingerprint density at radius 2 is 2.10 bits per heavy atom. The number of amides is 1. The first-order valence-electron chi connectivity index (χ1n) is 2.66. The maximum atomic E-state index is 10.7. The number of nitrogens with zero attached hydrogens (tertiary/aromatic N) is 1. The Kier molecular flexibility index (Phi) is 3.94. The number of hydrogen-bond donors (Lipinski definition) is 1. The molecule has 1 atom stereocenters. The molecule has 0 aliphatic heterocycles. The van der Waals surface area contributed by atoms with Crippen molar-refractivity contribution in [2.75, 3.05) is 21.3 Å². The van der Waals surface area contributed by atoms with Gasteiger partial charge in [0.25, 0.3) is 0 Å². The molecule has 60 valence electrons. The van der Waals surface area contributed by atoms with Crippen LogP contribution >= 0.6 is 0 Å². The Morgan fingerprint density at radius 3 is 2.40 bits per heavy atom. The summed E-state index contributed by atoms with van der Waals surface area (Å²) in [6, 6.07) is 0. The predicted octanol–water partition coefficient (Wildman–Crippen LogP) is -1.03. The summed E-state index contributed by atoms with van der Waals surface area (Å²) >= 11 is 0. The summed E-state index contributed by atoms with van der Waals surface area (Å²) in [5, 5.41) is 9.62. The van der Waals surface area contributed by atoms with Crippen LogP contribution < -0.4 is 0 Å². The number of carbonyl (C=O) groups excluding carboxylic acids is 1. The molecule has 0 saturated heterocycles. The Morgan fingerprint density at radius 1 is 1.60 bits per heavy atom. The van der Waals surface area contributed by atoms with Gasteiger partial charge in [-0.1, -0.05) is 0 Å². The molecule has 1 N–H and O–H groups in total. The number of aliphatic hydroxyl groups excluding tert-OH is 1. The molecule has 1 unspecified atom stereocenters. The van der Waals surface area contributed by atoms with E-state index in [0.29, 0.717) is 0 Å². The van der Waals surface area contributed by atoms with Gasteiger partial charge in [0.2, 0.25) is 6.29 Å². The average molecular weight is 149 g/mol. The molecule has 0 aliphatic carbocycles. The number of aliphatic hydroxyl groups is 1. The third-order valence-corrected chi connectivity index (χ3v) is 1.02. The summed E-state index contributed by atoms with van der Waals surface area (Å²) < 4.78 is 4.32. The van der Waals surface area contributed by atoms with Crippen molar-refractivity contribution in [3.63, 3.8) is 0 Å². The fourth-order valence-electron chi connectivity index (χ4n) is 0.346. The predicted molar refractivity (Wildman–Crippen MR) is 32.8 cm³/mol. The largest absolute Gasteiger partial charge is 0.360 e. The summed E-state index contributed by atoms with van der Waals surface area (Å²) in [4.78, 5) is 15.2. The summed E-state index contributed by atoms with van der Waals surface area (Å²) in [5.74, 6) is -0.634. The lowest BCUT2D eigenvalue weighted by Gasteiger charge is -2.15. The smallest absolute Gasteiger partial charge is 0.302 e. The van der Waals surface area contributed by atoms with E-state index in [9.17, 15) is 4.79 Å². The van der Waals surface area contributed by atoms with Gasteiger partial charge in [0.05, 0.1) is 7.11 Å². The van der Waals surface area contributed by atoms with Crippen LogP contribution in [0.1, 0.15) is 0 Å². The van der Waals surface area contributed by atoms with Crippen molar-refractivity contribution in [3.05, 3.63) is 0 Å². The molecule has 0 aromatic heterocycles. The van der Waals surface area contributed by atoms with Gasteiger partial charge in [-0.2, -0.15) is 0 Å². The summed E-state index contributed by atoms with van der Waals surface area (Å²) in [6.45, 7) is 0. The SMILES string of the molecule is COC(O)C(=O)N(C)OC. The molecule has 10 heavy (non-hydrogen) atoms. The van der Waals surface area contributed by atoms with Crippen LogP contribution in [0.3, 0.4) is 0 Å². The molecule has 0 spiro atoms. The standard InChI is InChI=1S/C5H11NO4/c1-6(10-3)4(7)5(8)9-2/h5,8H,1-3H3. The van der Waals surface area contributed by atoms with Crippen LogP contribution in [0.4, 0.5) is 0 Å². The van der Waals surface area contributed by atoms with Gasteiger partial charge in [-0.25, -0.2) is 5.06 Å². The molecule has 1 amide bonds. The Balaban J connectivity index is 3.82. The highest BCUT2D eigenvalue weighted by Gasteiger charge is 2.17. The number of likely N-dealkylation sites (N-methyl/N-ethyl adjacent to an activating group) is 1. The van der Waals surface area contributed by atoms with E-state index >= 15 is 0 Å². The van der Waals surface area contributed by atoms with Crippen LogP contribution in [0, 0.1) is 0 Å². The molecule has 0 radical (unpaired) electrons. The molecule has 0 saturated carbocycles.